The molecule has 2 heterocycles. The molecule has 4 aliphatic carbocycles. The number of nitrogens with one attached hydrogen (secondary N) is 2. The van der Waals surface area contributed by atoms with Crippen LogP contribution in [0.2, 0.25) is 0 Å². The van der Waals surface area contributed by atoms with E-state index < -0.39 is 16.8 Å². The topological polar surface area (TPSA) is 120 Å². The lowest BCUT2D eigenvalue weighted by Crippen LogP contribution is -2.99. The van der Waals surface area contributed by atoms with Crippen molar-refractivity contribution >= 4 is 39.0 Å². The first-order chi connectivity index (χ1) is 15.4. The Hall–Kier alpha value is -2.59. The average molecular weight is 454 g/mol. The first kappa shape index (κ1) is 20.0. The number of benzene rings is 1. The van der Waals surface area contributed by atoms with Crippen LogP contribution < -0.4 is 16.2 Å². The van der Waals surface area contributed by atoms with E-state index in [1.165, 1.54) is 74.1 Å². The molecule has 8 nitrogen and oxygen atoms in total. The largest absolute Gasteiger partial charge is 0.595 e. The maximum atomic E-state index is 12.8. The number of anilines is 1. The van der Waals surface area contributed by atoms with Crippen LogP contribution in [-0.2, 0) is 5.41 Å². The Morgan fingerprint density at radius 1 is 1.19 bits per heavy atom. The Kier molecular flexibility index (Phi) is 4.52. The normalized spacial score (nSPS) is 29.4. The van der Waals surface area contributed by atoms with E-state index in [4.69, 9.17) is 9.40 Å². The van der Waals surface area contributed by atoms with E-state index in [0.717, 1.165) is 23.4 Å². The lowest BCUT2D eigenvalue weighted by Gasteiger charge is -2.56. The number of quaternary nitrogens is 1. The van der Waals surface area contributed by atoms with Crippen molar-refractivity contribution in [3.63, 3.8) is 0 Å². The summed E-state index contributed by atoms with van der Waals surface area (Å²) in [5, 5.41) is 25.0. The van der Waals surface area contributed by atoms with Crippen molar-refractivity contribution in [2.45, 2.75) is 43.9 Å². The Balaban J connectivity index is 1.26. The van der Waals surface area contributed by atoms with Gasteiger partial charge in [-0.3, -0.25) is 10.1 Å². The summed E-state index contributed by atoms with van der Waals surface area (Å²) in [7, 11) is 0. The molecule has 3 N–H and O–H groups in total. The van der Waals surface area contributed by atoms with Crippen molar-refractivity contribution in [2.24, 2.45) is 17.8 Å². The molecule has 1 amide bonds. The standard InChI is InChI=1S/C23H23N3O5S/c27-20(17-7-15-6-16(26(29)30)1-2-18(15)31-21(17)28)25-22-24-19(11-32-22)23-8-12-3-13(9-23)5-14(4-12)10-23/h1-2,6-7,11-14,26,29H,3-5,8-10H2,(H,24,25,27). The van der Waals surface area contributed by atoms with Crippen LogP contribution in [0.1, 0.15) is 54.6 Å². The molecule has 4 fully saturated rings. The van der Waals surface area contributed by atoms with E-state index in [1.54, 1.807) is 0 Å². The van der Waals surface area contributed by atoms with Gasteiger partial charge in [0.1, 0.15) is 11.1 Å². The minimum Gasteiger partial charge on any atom is -0.595 e. The minimum atomic E-state index is -1.09. The average Bonchev–Trinajstić information content (AvgIpc) is 3.21. The molecule has 0 radical (unpaired) electrons. The zero-order valence-electron chi connectivity index (χ0n) is 17.3. The van der Waals surface area contributed by atoms with Crippen LogP contribution in [0, 0.1) is 23.0 Å². The summed E-state index contributed by atoms with van der Waals surface area (Å²) in [6.45, 7) is 0. The summed E-state index contributed by atoms with van der Waals surface area (Å²) in [5.41, 5.74) is 0.563. The van der Waals surface area contributed by atoms with Gasteiger partial charge in [0.25, 0.3) is 5.91 Å². The SMILES string of the molecule is O=C(Nc1nc(C23CC4CC(CC(C4)C2)C3)cs1)c1cc2cc([NH+]([O-])O)ccc2oc1=O. The number of nitrogens with zero attached hydrogens (tertiary/aromatic N) is 1. The van der Waals surface area contributed by atoms with Crippen molar-refractivity contribution in [1.29, 1.82) is 0 Å². The van der Waals surface area contributed by atoms with Crippen LogP contribution in [0.5, 0.6) is 0 Å². The van der Waals surface area contributed by atoms with Crippen molar-refractivity contribution < 1.29 is 19.6 Å². The summed E-state index contributed by atoms with van der Waals surface area (Å²) >= 11 is 1.38. The fourth-order valence-corrected chi connectivity index (χ4v) is 7.41. The molecule has 1 aromatic carbocycles. The highest BCUT2D eigenvalue weighted by molar-refractivity contribution is 7.14. The molecule has 1 unspecified atom stereocenters. The van der Waals surface area contributed by atoms with Gasteiger partial charge in [-0.25, -0.2) is 15.0 Å². The molecule has 3 aromatic rings. The molecule has 0 saturated heterocycles. The van der Waals surface area contributed by atoms with Crippen molar-refractivity contribution in [1.82, 2.24) is 4.98 Å². The highest BCUT2D eigenvalue weighted by Crippen LogP contribution is 2.60. The molecule has 4 aliphatic rings. The smallest absolute Gasteiger partial charge is 0.349 e. The van der Waals surface area contributed by atoms with Crippen LogP contribution in [0.15, 0.2) is 38.9 Å². The molecule has 4 bridgehead atoms. The number of amides is 1. The van der Waals surface area contributed by atoms with E-state index in [9.17, 15) is 20.0 Å². The Labute approximate surface area is 187 Å². The second-order valence-corrected chi connectivity index (χ2v) is 10.6. The first-order valence-electron chi connectivity index (χ1n) is 11.0. The number of fused-ring (bicyclic) bond motifs is 1. The summed E-state index contributed by atoms with van der Waals surface area (Å²) in [6.07, 6.45) is 7.64. The number of rotatable bonds is 4. The van der Waals surface area contributed by atoms with Gasteiger partial charge in [-0.2, -0.15) is 5.23 Å². The zero-order chi connectivity index (χ0) is 22.0. The van der Waals surface area contributed by atoms with Crippen LogP contribution in [0.25, 0.3) is 11.0 Å². The van der Waals surface area contributed by atoms with Crippen molar-refractivity contribution in [3.05, 3.63) is 56.5 Å². The van der Waals surface area contributed by atoms with Gasteiger partial charge in [0.15, 0.2) is 10.8 Å². The Morgan fingerprint density at radius 3 is 2.53 bits per heavy atom. The van der Waals surface area contributed by atoms with E-state index in [0.29, 0.717) is 10.5 Å². The van der Waals surface area contributed by atoms with Crippen LogP contribution in [-0.4, -0.2) is 16.1 Å². The summed E-state index contributed by atoms with van der Waals surface area (Å²) in [4.78, 5) is 30.0. The summed E-state index contributed by atoms with van der Waals surface area (Å²) in [5.74, 6) is 1.81. The highest BCUT2D eigenvalue weighted by atomic mass is 32.1. The third-order valence-electron chi connectivity index (χ3n) is 7.53. The number of carbonyl (C=O) groups excluding carboxylic acids is 1. The van der Waals surface area contributed by atoms with E-state index in [1.807, 2.05) is 0 Å². The summed E-state index contributed by atoms with van der Waals surface area (Å²) < 4.78 is 5.23. The number of hydrogen-bond acceptors (Lipinski definition) is 7. The number of hydrogen-bond donors (Lipinski definition) is 3. The quantitative estimate of drug-likeness (QED) is 0.412. The van der Waals surface area contributed by atoms with Crippen LogP contribution >= 0.6 is 11.3 Å². The molecule has 9 heteroatoms. The van der Waals surface area contributed by atoms with Crippen LogP contribution in [0.3, 0.4) is 0 Å². The predicted molar refractivity (Wildman–Crippen MR) is 118 cm³/mol. The summed E-state index contributed by atoms with van der Waals surface area (Å²) in [6, 6.07) is 5.53. The van der Waals surface area contributed by atoms with Gasteiger partial charge >= 0.3 is 5.63 Å². The molecular formula is C23H23N3O5S. The second kappa shape index (κ2) is 7.21. The fraction of sp³-hybridized carbons (Fsp3) is 0.435. The van der Waals surface area contributed by atoms with Gasteiger partial charge in [0.2, 0.25) is 0 Å². The van der Waals surface area contributed by atoms with Crippen molar-refractivity contribution in [3.8, 4) is 0 Å². The van der Waals surface area contributed by atoms with E-state index in [2.05, 4.69) is 10.7 Å². The van der Waals surface area contributed by atoms with E-state index in [-0.39, 0.29) is 22.2 Å². The lowest BCUT2D eigenvalue weighted by molar-refractivity contribution is -0.991. The van der Waals surface area contributed by atoms with Crippen LogP contribution in [0.4, 0.5) is 10.8 Å². The zero-order valence-corrected chi connectivity index (χ0v) is 18.1. The van der Waals surface area contributed by atoms with Gasteiger partial charge < -0.3 is 9.62 Å². The first-order valence-corrected chi connectivity index (χ1v) is 11.8. The predicted octanol–water partition coefficient (Wildman–Crippen LogP) is 3.37. The molecule has 32 heavy (non-hydrogen) atoms. The highest BCUT2D eigenvalue weighted by Gasteiger charge is 2.52. The molecule has 0 aliphatic heterocycles. The number of carbonyl (C=O) groups is 1. The Bertz CT molecular complexity index is 1240. The lowest BCUT2D eigenvalue weighted by atomic mass is 9.49. The van der Waals surface area contributed by atoms with Gasteiger partial charge in [-0.05, 0) is 68.4 Å². The van der Waals surface area contributed by atoms with Gasteiger partial charge in [0.05, 0.1) is 5.69 Å². The van der Waals surface area contributed by atoms with Crippen molar-refractivity contribution in [2.75, 3.05) is 5.32 Å². The second-order valence-electron chi connectivity index (χ2n) is 9.70. The van der Waals surface area contributed by atoms with E-state index >= 15 is 0 Å². The maximum Gasteiger partial charge on any atom is 0.349 e. The maximum absolute atomic E-state index is 12.8. The van der Waals surface area contributed by atoms with Gasteiger partial charge in [0, 0.05) is 28.3 Å². The monoisotopic (exact) mass is 453 g/mol. The molecule has 7 rings (SSSR count). The minimum absolute atomic E-state index is 0.0536. The van der Waals surface area contributed by atoms with Gasteiger partial charge in [-0.1, -0.05) is 0 Å². The third-order valence-corrected chi connectivity index (χ3v) is 8.29. The fourth-order valence-electron chi connectivity index (χ4n) is 6.58. The third kappa shape index (κ3) is 3.27. The number of aromatic nitrogens is 1. The molecule has 4 saturated carbocycles. The molecule has 166 valence electrons. The number of thiazole rings is 1. The molecule has 2 aromatic heterocycles. The molecule has 1 atom stereocenters. The molecule has 0 spiro atoms. The Morgan fingerprint density at radius 2 is 1.88 bits per heavy atom. The molecular weight excluding hydrogens is 430 g/mol. The van der Waals surface area contributed by atoms with Gasteiger partial charge in [-0.15, -0.1) is 11.3 Å².